The molecule has 8 nitrogen and oxygen atoms in total. The molecule has 0 aromatic carbocycles. The van der Waals surface area contributed by atoms with Crippen molar-refractivity contribution in [3.63, 3.8) is 0 Å². The van der Waals surface area contributed by atoms with E-state index in [2.05, 4.69) is 0 Å². The lowest BCUT2D eigenvalue weighted by atomic mass is 9.98. The summed E-state index contributed by atoms with van der Waals surface area (Å²) in [6.45, 7) is 2.94. The van der Waals surface area contributed by atoms with Crippen LogP contribution in [0, 0.1) is 5.92 Å². The number of aromatic nitrogens is 2. The van der Waals surface area contributed by atoms with Gasteiger partial charge in [-0.3, -0.25) is 23.5 Å². The molecule has 26 heavy (non-hydrogen) atoms. The number of aryl methyl sites for hydroxylation is 1. The third-order valence-corrected chi connectivity index (χ3v) is 5.86. The molecule has 1 saturated heterocycles. The molecule has 1 aliphatic heterocycles. The first kappa shape index (κ1) is 18.4. The summed E-state index contributed by atoms with van der Waals surface area (Å²) >= 11 is 1.12. The lowest BCUT2D eigenvalue weighted by Gasteiger charge is -2.31. The zero-order valence-corrected chi connectivity index (χ0v) is 15.8. The number of nitrogens with zero attached hydrogens (tertiary/aromatic N) is 3. The Hall–Kier alpha value is -2.42. The first-order valence-electron chi connectivity index (χ1n) is 8.50. The maximum absolute atomic E-state index is 12.9. The van der Waals surface area contributed by atoms with E-state index in [0.717, 1.165) is 22.3 Å². The van der Waals surface area contributed by atoms with Gasteiger partial charge in [0.2, 0.25) is 0 Å². The summed E-state index contributed by atoms with van der Waals surface area (Å²) in [6, 6.07) is 1.54. The maximum Gasteiger partial charge on any atom is 0.331 e. The van der Waals surface area contributed by atoms with Crippen molar-refractivity contribution in [1.82, 2.24) is 14.0 Å². The normalized spacial score (nSPS) is 17.5. The highest BCUT2D eigenvalue weighted by Crippen LogP contribution is 2.26. The second-order valence-electron chi connectivity index (χ2n) is 6.38. The van der Waals surface area contributed by atoms with Gasteiger partial charge in [-0.05, 0) is 25.8 Å². The minimum Gasteiger partial charge on any atom is -0.466 e. The molecule has 140 valence electrons. The second kappa shape index (κ2) is 7.06. The summed E-state index contributed by atoms with van der Waals surface area (Å²) < 4.78 is 7.46. The Morgan fingerprint density at radius 1 is 1.27 bits per heavy atom. The summed E-state index contributed by atoms with van der Waals surface area (Å²) in [4.78, 5) is 51.7. The van der Waals surface area contributed by atoms with E-state index in [1.807, 2.05) is 0 Å². The highest BCUT2D eigenvalue weighted by molar-refractivity contribution is 7.20. The fourth-order valence-electron chi connectivity index (χ4n) is 3.24. The van der Waals surface area contributed by atoms with Gasteiger partial charge in [-0.15, -0.1) is 11.3 Å². The lowest BCUT2D eigenvalue weighted by molar-refractivity contribution is -0.149. The van der Waals surface area contributed by atoms with E-state index in [9.17, 15) is 19.2 Å². The molecule has 0 saturated carbocycles. The Labute approximate surface area is 153 Å². The zero-order chi connectivity index (χ0) is 19.0. The molecule has 0 spiro atoms. The van der Waals surface area contributed by atoms with Crippen LogP contribution in [-0.2, 0) is 23.6 Å². The number of likely N-dealkylation sites (tertiary alicyclic amines) is 1. The fourth-order valence-corrected chi connectivity index (χ4v) is 4.31. The van der Waals surface area contributed by atoms with Crippen LogP contribution in [0.1, 0.15) is 29.4 Å². The highest BCUT2D eigenvalue weighted by atomic mass is 32.1. The van der Waals surface area contributed by atoms with Crippen LogP contribution in [0.25, 0.3) is 10.2 Å². The molecule has 1 fully saturated rings. The number of rotatable bonds is 3. The Balaban J connectivity index is 1.92. The molecular weight excluding hydrogens is 358 g/mol. The number of ether oxygens (including phenoxy) is 1. The van der Waals surface area contributed by atoms with Gasteiger partial charge >= 0.3 is 11.7 Å². The van der Waals surface area contributed by atoms with E-state index in [4.69, 9.17) is 4.74 Å². The molecule has 1 atom stereocenters. The van der Waals surface area contributed by atoms with Crippen LogP contribution in [0.3, 0.4) is 0 Å². The molecule has 1 aliphatic rings. The van der Waals surface area contributed by atoms with Gasteiger partial charge in [-0.1, -0.05) is 0 Å². The molecule has 0 N–H and O–H groups in total. The van der Waals surface area contributed by atoms with E-state index >= 15 is 0 Å². The summed E-state index contributed by atoms with van der Waals surface area (Å²) in [5, 5.41) is 0.349. The van der Waals surface area contributed by atoms with E-state index < -0.39 is 11.2 Å². The predicted molar refractivity (Wildman–Crippen MR) is 97.6 cm³/mol. The fraction of sp³-hybridized carbons (Fsp3) is 0.529. The number of esters is 1. The molecule has 0 aliphatic carbocycles. The van der Waals surface area contributed by atoms with Crippen molar-refractivity contribution in [3.05, 3.63) is 31.8 Å². The highest BCUT2D eigenvalue weighted by Gasteiger charge is 2.30. The maximum atomic E-state index is 12.9. The molecule has 1 amide bonds. The van der Waals surface area contributed by atoms with Crippen LogP contribution < -0.4 is 11.2 Å². The molecule has 0 bridgehead atoms. The van der Waals surface area contributed by atoms with Gasteiger partial charge in [0.15, 0.2) is 0 Å². The summed E-state index contributed by atoms with van der Waals surface area (Å²) in [7, 11) is 2.99. The summed E-state index contributed by atoms with van der Waals surface area (Å²) in [5.41, 5.74) is -0.842. The predicted octanol–water partition coefficient (Wildman–Crippen LogP) is 0.714. The van der Waals surface area contributed by atoms with Crippen LogP contribution in [-0.4, -0.2) is 45.6 Å². The zero-order valence-electron chi connectivity index (χ0n) is 15.0. The Morgan fingerprint density at radius 3 is 2.69 bits per heavy atom. The van der Waals surface area contributed by atoms with E-state index in [1.165, 1.54) is 17.7 Å². The second-order valence-corrected chi connectivity index (χ2v) is 7.41. The molecule has 3 heterocycles. The van der Waals surface area contributed by atoms with Gasteiger partial charge in [-0.25, -0.2) is 4.79 Å². The molecule has 0 radical (unpaired) electrons. The molecule has 3 rings (SSSR count). The van der Waals surface area contributed by atoms with Gasteiger partial charge in [0, 0.05) is 27.2 Å². The third-order valence-electron chi connectivity index (χ3n) is 4.67. The average Bonchev–Trinajstić information content (AvgIpc) is 3.10. The first-order valence-corrected chi connectivity index (χ1v) is 9.32. The first-order chi connectivity index (χ1) is 12.3. The molecule has 2 aromatic rings. The minimum absolute atomic E-state index is 0.227. The molecular formula is C17H21N3O5S. The van der Waals surface area contributed by atoms with Crippen LogP contribution in [0.2, 0.25) is 0 Å². The standard InChI is InChI=1S/C17H21N3O5S/c1-4-25-16(23)10-6-5-7-20(9-10)14(22)12-8-11-13(21)18(2)17(24)19(3)15(11)26-12/h8,10H,4-7,9H2,1-3H3/t10-/m0/s1. The molecule has 9 heteroatoms. The van der Waals surface area contributed by atoms with E-state index in [-0.39, 0.29) is 17.8 Å². The SMILES string of the molecule is CCOC(=O)[C@H]1CCCN(C(=O)c2cc3c(=O)n(C)c(=O)n(C)c3s2)C1. The van der Waals surface area contributed by atoms with Gasteiger partial charge < -0.3 is 9.64 Å². The number of hydrogen-bond donors (Lipinski definition) is 0. The smallest absolute Gasteiger partial charge is 0.331 e. The number of amides is 1. The van der Waals surface area contributed by atoms with Crippen LogP contribution >= 0.6 is 11.3 Å². The third kappa shape index (κ3) is 3.07. The van der Waals surface area contributed by atoms with E-state index in [1.54, 1.807) is 18.9 Å². The van der Waals surface area contributed by atoms with Crippen molar-refractivity contribution in [2.75, 3.05) is 19.7 Å². The largest absolute Gasteiger partial charge is 0.466 e. The van der Waals surface area contributed by atoms with Crippen molar-refractivity contribution in [1.29, 1.82) is 0 Å². The van der Waals surface area contributed by atoms with Crippen molar-refractivity contribution in [2.24, 2.45) is 20.0 Å². The van der Waals surface area contributed by atoms with Gasteiger partial charge in [0.05, 0.1) is 22.8 Å². The topological polar surface area (TPSA) is 90.6 Å². The summed E-state index contributed by atoms with van der Waals surface area (Å²) in [5.74, 6) is -0.827. The number of thiophene rings is 1. The van der Waals surface area contributed by atoms with Gasteiger partial charge in [0.25, 0.3) is 11.5 Å². The Morgan fingerprint density at radius 2 is 2.00 bits per heavy atom. The van der Waals surface area contributed by atoms with Crippen molar-refractivity contribution >= 4 is 33.4 Å². The average molecular weight is 379 g/mol. The Bertz CT molecular complexity index is 987. The van der Waals surface area contributed by atoms with E-state index in [0.29, 0.717) is 41.2 Å². The number of hydrogen-bond acceptors (Lipinski definition) is 6. The molecule has 2 aromatic heterocycles. The van der Waals surface area contributed by atoms with Crippen LogP contribution in [0.5, 0.6) is 0 Å². The summed E-state index contributed by atoms with van der Waals surface area (Å²) in [6.07, 6.45) is 1.42. The van der Waals surface area contributed by atoms with Gasteiger partial charge in [0.1, 0.15) is 4.83 Å². The quantitative estimate of drug-likeness (QED) is 0.733. The molecule has 0 unspecified atom stereocenters. The van der Waals surface area contributed by atoms with Crippen LogP contribution in [0.4, 0.5) is 0 Å². The Kier molecular flexibility index (Phi) is 4.99. The minimum atomic E-state index is -0.427. The van der Waals surface area contributed by atoms with Crippen molar-refractivity contribution < 1.29 is 14.3 Å². The number of carbonyl (C=O) groups is 2. The number of fused-ring (bicyclic) bond motifs is 1. The monoisotopic (exact) mass is 379 g/mol. The van der Waals surface area contributed by atoms with Gasteiger partial charge in [-0.2, -0.15) is 0 Å². The number of carbonyl (C=O) groups excluding carboxylic acids is 2. The van der Waals surface area contributed by atoms with Crippen molar-refractivity contribution in [3.8, 4) is 0 Å². The van der Waals surface area contributed by atoms with Crippen LogP contribution in [0.15, 0.2) is 15.7 Å². The number of piperidine rings is 1. The van der Waals surface area contributed by atoms with Crippen molar-refractivity contribution in [2.45, 2.75) is 19.8 Å². The lowest BCUT2D eigenvalue weighted by Crippen LogP contribution is -2.42.